The van der Waals surface area contributed by atoms with Crippen LogP contribution in [-0.2, 0) is 11.2 Å². The molecule has 7 heteroatoms. The summed E-state index contributed by atoms with van der Waals surface area (Å²) >= 11 is -2.18. The van der Waals surface area contributed by atoms with Gasteiger partial charge in [-0.3, -0.25) is 0 Å². The number of hydrogen-bond acceptors (Lipinski definition) is 6. The van der Waals surface area contributed by atoms with Crippen molar-refractivity contribution < 1.29 is 26.5 Å². The van der Waals surface area contributed by atoms with Gasteiger partial charge >= 0.3 is 120 Å². The van der Waals surface area contributed by atoms with E-state index in [2.05, 4.69) is 0 Å². The third-order valence-electron chi connectivity index (χ3n) is 2.25. The van der Waals surface area contributed by atoms with Crippen molar-refractivity contribution in [1.82, 2.24) is 0 Å². The zero-order chi connectivity index (χ0) is 14.2. The topological polar surface area (TPSA) is 88.4 Å². The summed E-state index contributed by atoms with van der Waals surface area (Å²) in [4.78, 5) is 0. The van der Waals surface area contributed by atoms with Crippen molar-refractivity contribution in [2.45, 2.75) is 38.5 Å². The van der Waals surface area contributed by atoms with E-state index in [0.717, 1.165) is 38.5 Å². The average Bonchev–Trinajstić information content (AvgIpc) is 2.43. The summed E-state index contributed by atoms with van der Waals surface area (Å²) in [5, 5.41) is 26.0. The van der Waals surface area contributed by atoms with Crippen LogP contribution >= 0.6 is 0 Å². The second kappa shape index (κ2) is 16.4. The van der Waals surface area contributed by atoms with Crippen LogP contribution in [0.2, 0.25) is 0 Å². The van der Waals surface area contributed by atoms with Crippen molar-refractivity contribution in [2.75, 3.05) is 39.6 Å². The molecule has 116 valence electrons. The first-order chi connectivity index (χ1) is 9.35. The maximum absolute atomic E-state index is 8.68. The van der Waals surface area contributed by atoms with E-state index in [9.17, 15) is 0 Å². The first kappa shape index (κ1) is 19.3. The van der Waals surface area contributed by atoms with Gasteiger partial charge in [-0.25, -0.2) is 0 Å². The van der Waals surface area contributed by atoms with Crippen LogP contribution in [0.25, 0.3) is 0 Å². The van der Waals surface area contributed by atoms with E-state index < -0.39 is 15.7 Å². The second-order valence-electron chi connectivity index (χ2n) is 4.02. The van der Waals surface area contributed by atoms with Crippen molar-refractivity contribution in [3.8, 4) is 0 Å². The van der Waals surface area contributed by atoms with Crippen LogP contribution in [0.1, 0.15) is 38.5 Å². The number of aliphatic hydroxyl groups excluding tert-OH is 3. The van der Waals surface area contributed by atoms with E-state index in [0.29, 0.717) is 19.8 Å². The molecule has 0 aromatic carbocycles. The Hall–Kier alpha value is 0.318. The Morgan fingerprint density at radius 3 is 1.11 bits per heavy atom. The molecule has 0 radical (unpaired) electrons. The molecule has 0 heterocycles. The summed E-state index contributed by atoms with van der Waals surface area (Å²) < 4.78 is 16.7. The molecule has 19 heavy (non-hydrogen) atoms. The van der Waals surface area contributed by atoms with E-state index in [1.165, 1.54) is 0 Å². The first-order valence-electron chi connectivity index (χ1n) is 6.86. The van der Waals surface area contributed by atoms with E-state index in [-0.39, 0.29) is 19.8 Å². The Labute approximate surface area is 121 Å². The summed E-state index contributed by atoms with van der Waals surface area (Å²) in [6, 6.07) is 0. The number of rotatable bonds is 15. The Balaban J connectivity index is 3.66. The zero-order valence-electron chi connectivity index (χ0n) is 11.5. The molecule has 6 nitrogen and oxygen atoms in total. The summed E-state index contributed by atoms with van der Waals surface area (Å²) in [6.07, 6.45) is 4.54. The van der Waals surface area contributed by atoms with Crippen molar-refractivity contribution in [2.24, 2.45) is 0 Å². The Morgan fingerprint density at radius 2 is 0.842 bits per heavy atom. The molecule has 0 bridgehead atoms. The standard InChI is InChI=1S/C12H27AsO6/c14-7-1-4-10-17-13(18-11-5-2-8-15)19-12-6-3-9-16/h14-16H,1-12H2. The molecule has 0 saturated heterocycles. The molecular formula is C12H27AsO6. The zero-order valence-corrected chi connectivity index (χ0v) is 13.4. The predicted octanol–water partition coefficient (Wildman–Crippen LogP) is 0.339. The third kappa shape index (κ3) is 14.5. The van der Waals surface area contributed by atoms with Crippen molar-refractivity contribution in [3.63, 3.8) is 0 Å². The van der Waals surface area contributed by atoms with Gasteiger partial charge in [0.25, 0.3) is 0 Å². The van der Waals surface area contributed by atoms with Crippen molar-refractivity contribution in [3.05, 3.63) is 0 Å². The summed E-state index contributed by atoms with van der Waals surface area (Å²) in [5.41, 5.74) is 0. The van der Waals surface area contributed by atoms with Crippen LogP contribution in [0, 0.1) is 0 Å². The summed E-state index contributed by atoms with van der Waals surface area (Å²) in [5.74, 6) is 0. The molecule has 0 unspecified atom stereocenters. The van der Waals surface area contributed by atoms with E-state index in [4.69, 9.17) is 26.5 Å². The Morgan fingerprint density at radius 1 is 0.526 bits per heavy atom. The van der Waals surface area contributed by atoms with Crippen LogP contribution in [0.5, 0.6) is 0 Å². The SMILES string of the molecule is OCCCCO[As](OCCCCO)OCCCCO. The van der Waals surface area contributed by atoms with E-state index >= 15 is 0 Å². The van der Waals surface area contributed by atoms with Crippen molar-refractivity contribution in [1.29, 1.82) is 0 Å². The molecule has 0 aliphatic rings. The number of aliphatic hydroxyl groups is 3. The summed E-state index contributed by atoms with van der Waals surface area (Å²) in [7, 11) is 0. The van der Waals surface area contributed by atoms with E-state index in [1.807, 2.05) is 0 Å². The van der Waals surface area contributed by atoms with Gasteiger partial charge in [-0.05, 0) is 0 Å². The molecule has 0 fully saturated rings. The second-order valence-corrected chi connectivity index (χ2v) is 6.58. The van der Waals surface area contributed by atoms with Gasteiger partial charge in [0.2, 0.25) is 0 Å². The molecule has 0 spiro atoms. The van der Waals surface area contributed by atoms with Gasteiger partial charge in [-0.2, -0.15) is 0 Å². The van der Waals surface area contributed by atoms with Gasteiger partial charge in [0, 0.05) is 0 Å². The predicted molar refractivity (Wildman–Crippen MR) is 72.6 cm³/mol. The fourth-order valence-electron chi connectivity index (χ4n) is 1.17. The van der Waals surface area contributed by atoms with Crippen LogP contribution < -0.4 is 0 Å². The van der Waals surface area contributed by atoms with Crippen LogP contribution in [0.4, 0.5) is 0 Å². The number of unbranched alkanes of at least 4 members (excludes halogenated alkanes) is 3. The third-order valence-corrected chi connectivity index (χ3v) is 4.72. The molecule has 0 aliphatic heterocycles. The minimum absolute atomic E-state index is 0.172. The Kier molecular flexibility index (Phi) is 16.6. The minimum atomic E-state index is -2.18. The van der Waals surface area contributed by atoms with Gasteiger partial charge in [-0.15, -0.1) is 0 Å². The molecule has 0 atom stereocenters. The molecular weight excluding hydrogens is 315 g/mol. The summed E-state index contributed by atoms with van der Waals surface area (Å²) in [6.45, 7) is 2.14. The van der Waals surface area contributed by atoms with E-state index in [1.54, 1.807) is 0 Å². The Bertz CT molecular complexity index is 144. The molecule has 0 aromatic rings. The molecule has 0 aliphatic carbocycles. The fourth-order valence-corrected chi connectivity index (χ4v) is 3.39. The van der Waals surface area contributed by atoms with Gasteiger partial charge in [0.05, 0.1) is 0 Å². The van der Waals surface area contributed by atoms with Gasteiger partial charge < -0.3 is 0 Å². The van der Waals surface area contributed by atoms with Crippen LogP contribution in [-0.4, -0.2) is 70.6 Å². The van der Waals surface area contributed by atoms with Crippen LogP contribution in [0.3, 0.4) is 0 Å². The molecule has 0 aromatic heterocycles. The molecule has 0 amide bonds. The van der Waals surface area contributed by atoms with Crippen molar-refractivity contribution >= 4 is 15.7 Å². The van der Waals surface area contributed by atoms with Gasteiger partial charge in [0.15, 0.2) is 0 Å². The number of hydrogen-bond donors (Lipinski definition) is 3. The fraction of sp³-hybridized carbons (Fsp3) is 1.00. The quantitative estimate of drug-likeness (QED) is 0.294. The van der Waals surface area contributed by atoms with Crippen LogP contribution in [0.15, 0.2) is 0 Å². The monoisotopic (exact) mass is 342 g/mol. The first-order valence-corrected chi connectivity index (χ1v) is 9.16. The average molecular weight is 342 g/mol. The van der Waals surface area contributed by atoms with Gasteiger partial charge in [0.1, 0.15) is 0 Å². The normalized spacial score (nSPS) is 11.4. The molecule has 0 rings (SSSR count). The molecule has 3 N–H and O–H groups in total. The molecule has 0 saturated carbocycles. The van der Waals surface area contributed by atoms with Gasteiger partial charge in [-0.1, -0.05) is 0 Å². The maximum atomic E-state index is 8.68.